The van der Waals surface area contributed by atoms with Crippen molar-refractivity contribution in [1.29, 1.82) is 0 Å². The van der Waals surface area contributed by atoms with Gasteiger partial charge in [-0.2, -0.15) is 0 Å². The van der Waals surface area contributed by atoms with Crippen LogP contribution in [-0.4, -0.2) is 11.1 Å². The molecule has 0 fully saturated rings. The van der Waals surface area contributed by atoms with Crippen LogP contribution in [0.15, 0.2) is 0 Å². The van der Waals surface area contributed by atoms with Gasteiger partial charge in [-0.3, -0.25) is 4.79 Å². The van der Waals surface area contributed by atoms with Crippen LogP contribution in [0.5, 0.6) is 0 Å². The molecule has 3 unspecified atom stereocenters. The molecule has 0 spiro atoms. The highest BCUT2D eigenvalue weighted by Gasteiger charge is 2.20. The van der Waals surface area contributed by atoms with E-state index in [2.05, 4.69) is 27.7 Å². The molecule has 2 nitrogen and oxygen atoms in total. The molecule has 3 atom stereocenters. The van der Waals surface area contributed by atoms with Gasteiger partial charge in [0.1, 0.15) is 0 Å². The lowest BCUT2D eigenvalue weighted by Crippen LogP contribution is -2.19. The zero-order chi connectivity index (χ0) is 11.8. The third-order valence-electron chi connectivity index (χ3n) is 3.55. The van der Waals surface area contributed by atoms with Gasteiger partial charge < -0.3 is 5.11 Å². The van der Waals surface area contributed by atoms with Crippen LogP contribution in [0.1, 0.15) is 59.8 Å². The highest BCUT2D eigenvalue weighted by molar-refractivity contribution is 5.66. The van der Waals surface area contributed by atoms with Gasteiger partial charge >= 0.3 is 5.97 Å². The molecule has 0 aliphatic carbocycles. The molecule has 0 aromatic carbocycles. The summed E-state index contributed by atoms with van der Waals surface area (Å²) in [6.45, 7) is 8.69. The molecule has 0 aliphatic rings. The van der Waals surface area contributed by atoms with Crippen molar-refractivity contribution in [3.63, 3.8) is 0 Å². The molecule has 0 bridgehead atoms. The van der Waals surface area contributed by atoms with E-state index >= 15 is 0 Å². The van der Waals surface area contributed by atoms with E-state index in [4.69, 9.17) is 5.11 Å². The summed E-state index contributed by atoms with van der Waals surface area (Å²) in [4.78, 5) is 10.6. The van der Waals surface area contributed by atoms with Crippen molar-refractivity contribution in [2.24, 2.45) is 17.8 Å². The highest BCUT2D eigenvalue weighted by atomic mass is 16.4. The molecule has 0 saturated heterocycles. The number of unbranched alkanes of at least 4 members (excludes halogenated alkanes) is 2. The Kier molecular flexibility index (Phi) is 7.45. The van der Waals surface area contributed by atoms with E-state index in [1.54, 1.807) is 0 Å². The molecule has 15 heavy (non-hydrogen) atoms. The van der Waals surface area contributed by atoms with Gasteiger partial charge in [0.25, 0.3) is 0 Å². The second kappa shape index (κ2) is 7.72. The average molecular weight is 214 g/mol. The summed E-state index contributed by atoms with van der Waals surface area (Å²) in [5.74, 6) is 0.776. The lowest BCUT2D eigenvalue weighted by Gasteiger charge is -2.25. The molecule has 0 rings (SSSR count). The Hall–Kier alpha value is -0.530. The third kappa shape index (κ3) is 6.53. The maximum atomic E-state index is 10.6. The van der Waals surface area contributed by atoms with Crippen molar-refractivity contribution in [2.75, 3.05) is 0 Å². The summed E-state index contributed by atoms with van der Waals surface area (Å²) in [5.41, 5.74) is 0. The van der Waals surface area contributed by atoms with Crippen LogP contribution in [-0.2, 0) is 4.79 Å². The molecule has 0 aliphatic heterocycles. The lowest BCUT2D eigenvalue weighted by molar-refractivity contribution is -0.138. The van der Waals surface area contributed by atoms with Crippen LogP contribution in [0.4, 0.5) is 0 Å². The van der Waals surface area contributed by atoms with Gasteiger partial charge in [-0.25, -0.2) is 0 Å². The molecule has 0 aromatic heterocycles. The van der Waals surface area contributed by atoms with E-state index in [-0.39, 0.29) is 0 Å². The van der Waals surface area contributed by atoms with Gasteiger partial charge in [-0.05, 0) is 17.8 Å². The number of rotatable bonds is 8. The molecule has 0 amide bonds. The minimum atomic E-state index is -0.671. The molecule has 0 aromatic rings. The molecular formula is C13H26O2. The smallest absolute Gasteiger partial charge is 0.303 e. The van der Waals surface area contributed by atoms with Crippen molar-refractivity contribution in [3.05, 3.63) is 0 Å². The number of hydrogen-bond acceptors (Lipinski definition) is 1. The largest absolute Gasteiger partial charge is 0.481 e. The number of hydrogen-bond donors (Lipinski definition) is 1. The second-order valence-corrected chi connectivity index (χ2v) is 4.91. The summed E-state index contributed by atoms with van der Waals surface area (Å²) >= 11 is 0. The molecule has 2 heteroatoms. The standard InChI is InChI=1S/C13H26O2/c1-5-6-7-8-10(2)12(4)11(3)9-13(14)15/h10-12H,5-9H2,1-4H3,(H,14,15). The van der Waals surface area contributed by atoms with E-state index in [0.29, 0.717) is 24.2 Å². The van der Waals surface area contributed by atoms with Crippen LogP contribution in [0.2, 0.25) is 0 Å². The minimum absolute atomic E-state index is 0.291. The summed E-state index contributed by atoms with van der Waals surface area (Å²) in [6, 6.07) is 0. The molecular weight excluding hydrogens is 188 g/mol. The number of carboxylic acids is 1. The minimum Gasteiger partial charge on any atom is -0.481 e. The third-order valence-corrected chi connectivity index (χ3v) is 3.55. The predicted octanol–water partition coefficient (Wildman–Crippen LogP) is 3.95. The Labute approximate surface area is 94.1 Å². The average Bonchev–Trinajstić information content (AvgIpc) is 2.15. The van der Waals surface area contributed by atoms with E-state index in [0.717, 1.165) is 0 Å². The van der Waals surface area contributed by atoms with Crippen LogP contribution in [0.25, 0.3) is 0 Å². The molecule has 90 valence electrons. The fourth-order valence-electron chi connectivity index (χ4n) is 2.00. The first-order chi connectivity index (χ1) is 6.99. The lowest BCUT2D eigenvalue weighted by atomic mass is 9.81. The topological polar surface area (TPSA) is 37.3 Å². The van der Waals surface area contributed by atoms with Gasteiger partial charge in [-0.1, -0.05) is 53.4 Å². The van der Waals surface area contributed by atoms with E-state index in [1.165, 1.54) is 25.7 Å². The zero-order valence-corrected chi connectivity index (χ0v) is 10.6. The second-order valence-electron chi connectivity index (χ2n) is 4.91. The quantitative estimate of drug-likeness (QED) is 0.621. The van der Waals surface area contributed by atoms with Crippen molar-refractivity contribution >= 4 is 5.97 Å². The number of carbonyl (C=O) groups is 1. The van der Waals surface area contributed by atoms with Crippen molar-refractivity contribution in [1.82, 2.24) is 0 Å². The van der Waals surface area contributed by atoms with Gasteiger partial charge in [0.15, 0.2) is 0 Å². The van der Waals surface area contributed by atoms with Gasteiger partial charge in [0.2, 0.25) is 0 Å². The Balaban J connectivity index is 3.84. The van der Waals surface area contributed by atoms with E-state index < -0.39 is 5.97 Å². The first kappa shape index (κ1) is 14.5. The molecule has 0 radical (unpaired) electrons. The van der Waals surface area contributed by atoms with E-state index in [1.807, 2.05) is 0 Å². The Morgan fingerprint density at radius 2 is 1.73 bits per heavy atom. The highest BCUT2D eigenvalue weighted by Crippen LogP contribution is 2.27. The summed E-state index contributed by atoms with van der Waals surface area (Å²) in [5, 5.41) is 8.73. The van der Waals surface area contributed by atoms with Crippen molar-refractivity contribution < 1.29 is 9.90 Å². The van der Waals surface area contributed by atoms with Gasteiger partial charge in [0.05, 0.1) is 0 Å². The summed E-state index contributed by atoms with van der Waals surface area (Å²) in [7, 11) is 0. The van der Waals surface area contributed by atoms with Crippen LogP contribution in [0, 0.1) is 17.8 Å². The first-order valence-corrected chi connectivity index (χ1v) is 6.20. The van der Waals surface area contributed by atoms with Crippen LogP contribution >= 0.6 is 0 Å². The molecule has 1 N–H and O–H groups in total. The van der Waals surface area contributed by atoms with Gasteiger partial charge in [-0.15, -0.1) is 0 Å². The van der Waals surface area contributed by atoms with E-state index in [9.17, 15) is 4.79 Å². The fourth-order valence-corrected chi connectivity index (χ4v) is 2.00. The van der Waals surface area contributed by atoms with Crippen molar-refractivity contribution in [2.45, 2.75) is 59.8 Å². The number of aliphatic carboxylic acids is 1. The van der Waals surface area contributed by atoms with Crippen LogP contribution < -0.4 is 0 Å². The summed E-state index contributed by atoms with van der Waals surface area (Å²) < 4.78 is 0. The van der Waals surface area contributed by atoms with Crippen LogP contribution in [0.3, 0.4) is 0 Å². The summed E-state index contributed by atoms with van der Waals surface area (Å²) in [6.07, 6.45) is 5.37. The molecule has 0 heterocycles. The maximum absolute atomic E-state index is 10.6. The predicted molar refractivity (Wildman–Crippen MR) is 63.9 cm³/mol. The monoisotopic (exact) mass is 214 g/mol. The number of carboxylic acid groups (broad SMARTS) is 1. The zero-order valence-electron chi connectivity index (χ0n) is 10.6. The maximum Gasteiger partial charge on any atom is 0.303 e. The Morgan fingerprint density at radius 1 is 1.13 bits per heavy atom. The normalized spacial score (nSPS) is 17.1. The first-order valence-electron chi connectivity index (χ1n) is 6.20. The molecule has 0 saturated carbocycles. The fraction of sp³-hybridized carbons (Fsp3) is 0.923. The van der Waals surface area contributed by atoms with Crippen molar-refractivity contribution in [3.8, 4) is 0 Å². The van der Waals surface area contributed by atoms with Gasteiger partial charge in [0, 0.05) is 6.42 Å². The Morgan fingerprint density at radius 3 is 2.20 bits per heavy atom. The SMILES string of the molecule is CCCCCC(C)C(C)C(C)CC(=O)O. The Bertz CT molecular complexity index is 177.